The molecule has 1 aromatic rings. The summed E-state index contributed by atoms with van der Waals surface area (Å²) < 4.78 is 25.1. The van der Waals surface area contributed by atoms with Crippen molar-refractivity contribution in [3.8, 4) is 0 Å². The molecule has 78 valence electrons. The fourth-order valence-electron chi connectivity index (χ4n) is 0.893. The normalized spacial score (nSPS) is 10.5. The smallest absolute Gasteiger partial charge is 0.328 e. The van der Waals surface area contributed by atoms with Gasteiger partial charge in [-0.25, -0.2) is 13.6 Å². The third-order valence-electron chi connectivity index (χ3n) is 1.58. The van der Waals surface area contributed by atoms with Gasteiger partial charge in [-0.05, 0) is 24.3 Å². The van der Waals surface area contributed by atoms with E-state index in [9.17, 15) is 18.4 Å². The molecule has 0 amide bonds. The molecule has 0 atom stereocenters. The summed E-state index contributed by atoms with van der Waals surface area (Å²) in [6.45, 7) is 0. The summed E-state index contributed by atoms with van der Waals surface area (Å²) >= 11 is 0. The van der Waals surface area contributed by atoms with Gasteiger partial charge in [0.2, 0.25) is 0 Å². The van der Waals surface area contributed by atoms with Crippen LogP contribution in [0.25, 0.3) is 0 Å². The molecular weight excluding hydrogens is 206 g/mol. The van der Waals surface area contributed by atoms with E-state index in [0.717, 1.165) is 18.2 Å². The SMILES string of the molecule is O=C(O)/C=C\C(=O)c1ccc(F)c(F)c1. The Morgan fingerprint density at radius 2 is 1.80 bits per heavy atom. The van der Waals surface area contributed by atoms with E-state index >= 15 is 0 Å². The van der Waals surface area contributed by atoms with Crippen molar-refractivity contribution in [1.29, 1.82) is 0 Å². The van der Waals surface area contributed by atoms with E-state index < -0.39 is 23.4 Å². The zero-order valence-corrected chi connectivity index (χ0v) is 7.41. The second-order valence-corrected chi connectivity index (χ2v) is 2.66. The van der Waals surface area contributed by atoms with Gasteiger partial charge in [0.25, 0.3) is 0 Å². The predicted octanol–water partition coefficient (Wildman–Crippen LogP) is 1.79. The molecule has 1 N–H and O–H groups in total. The third kappa shape index (κ3) is 2.98. The van der Waals surface area contributed by atoms with E-state index in [1.165, 1.54) is 0 Å². The lowest BCUT2D eigenvalue weighted by Crippen LogP contribution is -1.98. The average Bonchev–Trinajstić information content (AvgIpc) is 2.18. The molecule has 0 spiro atoms. The zero-order valence-electron chi connectivity index (χ0n) is 7.41. The molecule has 0 radical (unpaired) electrons. The van der Waals surface area contributed by atoms with Crippen LogP contribution in [0.1, 0.15) is 10.4 Å². The number of hydrogen-bond donors (Lipinski definition) is 1. The summed E-state index contributed by atoms with van der Waals surface area (Å²) in [4.78, 5) is 21.3. The molecule has 0 bridgehead atoms. The third-order valence-corrected chi connectivity index (χ3v) is 1.58. The minimum Gasteiger partial charge on any atom is -0.478 e. The number of hydrogen-bond acceptors (Lipinski definition) is 2. The van der Waals surface area contributed by atoms with Gasteiger partial charge in [-0.3, -0.25) is 4.79 Å². The van der Waals surface area contributed by atoms with Crippen molar-refractivity contribution in [3.63, 3.8) is 0 Å². The van der Waals surface area contributed by atoms with Gasteiger partial charge in [-0.2, -0.15) is 0 Å². The fraction of sp³-hybridized carbons (Fsp3) is 0. The Balaban J connectivity index is 2.92. The Labute approximate surface area is 83.6 Å². The first-order chi connectivity index (χ1) is 7.00. The van der Waals surface area contributed by atoms with Crippen molar-refractivity contribution in [2.75, 3.05) is 0 Å². The Hall–Kier alpha value is -2.04. The molecule has 1 aromatic carbocycles. The van der Waals surface area contributed by atoms with Crippen LogP contribution in [-0.4, -0.2) is 16.9 Å². The van der Waals surface area contributed by atoms with Crippen LogP contribution in [0.15, 0.2) is 30.4 Å². The zero-order chi connectivity index (χ0) is 11.4. The monoisotopic (exact) mass is 212 g/mol. The summed E-state index contributed by atoms with van der Waals surface area (Å²) in [5.41, 5.74) is -0.105. The maximum atomic E-state index is 12.7. The number of allylic oxidation sites excluding steroid dienone is 1. The Bertz CT molecular complexity index is 438. The predicted molar refractivity (Wildman–Crippen MR) is 47.5 cm³/mol. The summed E-state index contributed by atoms with van der Waals surface area (Å²) in [5.74, 6) is -4.19. The van der Waals surface area contributed by atoms with E-state index in [4.69, 9.17) is 5.11 Å². The van der Waals surface area contributed by atoms with Gasteiger partial charge in [0, 0.05) is 11.6 Å². The number of rotatable bonds is 3. The number of halogens is 2. The fourth-order valence-corrected chi connectivity index (χ4v) is 0.893. The molecule has 15 heavy (non-hydrogen) atoms. The Morgan fingerprint density at radius 3 is 2.33 bits per heavy atom. The summed E-state index contributed by atoms with van der Waals surface area (Å²) in [5, 5.41) is 8.23. The molecule has 3 nitrogen and oxygen atoms in total. The van der Waals surface area contributed by atoms with Crippen molar-refractivity contribution in [2.24, 2.45) is 0 Å². The molecule has 0 saturated heterocycles. The number of benzene rings is 1. The number of carboxylic acids is 1. The van der Waals surface area contributed by atoms with Gasteiger partial charge in [-0.15, -0.1) is 0 Å². The molecule has 1 rings (SSSR count). The molecule has 0 aromatic heterocycles. The number of ketones is 1. The van der Waals surface area contributed by atoms with Gasteiger partial charge >= 0.3 is 5.97 Å². The van der Waals surface area contributed by atoms with Gasteiger partial charge in [0.15, 0.2) is 17.4 Å². The minimum absolute atomic E-state index is 0.105. The molecule has 0 aliphatic carbocycles. The van der Waals surface area contributed by atoms with Crippen LogP contribution in [-0.2, 0) is 4.79 Å². The van der Waals surface area contributed by atoms with Crippen LogP contribution < -0.4 is 0 Å². The lowest BCUT2D eigenvalue weighted by Gasteiger charge is -1.96. The molecule has 0 saturated carbocycles. The number of aliphatic carboxylic acids is 1. The highest BCUT2D eigenvalue weighted by Crippen LogP contribution is 2.09. The average molecular weight is 212 g/mol. The van der Waals surface area contributed by atoms with Gasteiger partial charge < -0.3 is 5.11 Å². The number of carbonyl (C=O) groups is 2. The summed E-state index contributed by atoms with van der Waals surface area (Å²) in [6, 6.07) is 2.59. The first-order valence-electron chi connectivity index (χ1n) is 3.91. The number of carbonyl (C=O) groups excluding carboxylic acids is 1. The largest absolute Gasteiger partial charge is 0.478 e. The first-order valence-corrected chi connectivity index (χ1v) is 3.91. The Kier molecular flexibility index (Phi) is 3.28. The highest BCUT2D eigenvalue weighted by molar-refractivity contribution is 6.06. The van der Waals surface area contributed by atoms with Crippen LogP contribution in [0, 0.1) is 11.6 Å². The molecule has 0 unspecified atom stereocenters. The molecule has 0 heterocycles. The lowest BCUT2D eigenvalue weighted by atomic mass is 10.1. The topological polar surface area (TPSA) is 54.4 Å². The lowest BCUT2D eigenvalue weighted by molar-refractivity contribution is -0.131. The Morgan fingerprint density at radius 1 is 1.13 bits per heavy atom. The van der Waals surface area contributed by atoms with Crippen LogP contribution in [0.2, 0.25) is 0 Å². The van der Waals surface area contributed by atoms with Gasteiger partial charge in [-0.1, -0.05) is 0 Å². The molecule has 0 aliphatic rings. The van der Waals surface area contributed by atoms with Gasteiger partial charge in [0.1, 0.15) is 0 Å². The standard InChI is InChI=1S/C10H6F2O3/c11-7-2-1-6(5-8(7)12)9(13)3-4-10(14)15/h1-5H,(H,14,15)/b4-3-. The molecule has 0 aliphatic heterocycles. The maximum Gasteiger partial charge on any atom is 0.328 e. The van der Waals surface area contributed by atoms with E-state index in [-0.39, 0.29) is 5.56 Å². The van der Waals surface area contributed by atoms with E-state index in [2.05, 4.69) is 0 Å². The first kappa shape index (κ1) is 11.0. The number of carboxylic acid groups (broad SMARTS) is 1. The van der Waals surface area contributed by atoms with Crippen molar-refractivity contribution in [3.05, 3.63) is 47.5 Å². The van der Waals surface area contributed by atoms with E-state index in [1.807, 2.05) is 0 Å². The molecular formula is C10H6F2O3. The van der Waals surface area contributed by atoms with Crippen LogP contribution in [0.3, 0.4) is 0 Å². The van der Waals surface area contributed by atoms with E-state index in [0.29, 0.717) is 12.1 Å². The van der Waals surface area contributed by atoms with Crippen LogP contribution >= 0.6 is 0 Å². The maximum absolute atomic E-state index is 12.7. The van der Waals surface area contributed by atoms with E-state index in [1.54, 1.807) is 0 Å². The quantitative estimate of drug-likeness (QED) is 0.613. The highest BCUT2D eigenvalue weighted by atomic mass is 19.2. The summed E-state index contributed by atoms with van der Waals surface area (Å²) in [7, 11) is 0. The second-order valence-electron chi connectivity index (χ2n) is 2.66. The van der Waals surface area contributed by atoms with Crippen molar-refractivity contribution >= 4 is 11.8 Å². The molecule has 0 fully saturated rings. The van der Waals surface area contributed by atoms with Gasteiger partial charge in [0.05, 0.1) is 0 Å². The summed E-state index contributed by atoms with van der Waals surface area (Å²) in [6.07, 6.45) is 1.40. The van der Waals surface area contributed by atoms with Crippen LogP contribution in [0.4, 0.5) is 8.78 Å². The molecule has 5 heteroatoms. The van der Waals surface area contributed by atoms with Crippen molar-refractivity contribution in [2.45, 2.75) is 0 Å². The highest BCUT2D eigenvalue weighted by Gasteiger charge is 2.07. The van der Waals surface area contributed by atoms with Crippen LogP contribution in [0.5, 0.6) is 0 Å². The van der Waals surface area contributed by atoms with Crippen molar-refractivity contribution < 1.29 is 23.5 Å². The van der Waals surface area contributed by atoms with Crippen molar-refractivity contribution in [1.82, 2.24) is 0 Å². The second kappa shape index (κ2) is 4.45. The minimum atomic E-state index is -1.29.